The van der Waals surface area contributed by atoms with Crippen molar-refractivity contribution < 1.29 is 0 Å². The number of hydrogen-bond donors (Lipinski definition) is 1. The molecule has 3 rings (SSSR count). The van der Waals surface area contributed by atoms with E-state index in [4.69, 9.17) is 0 Å². The second-order valence-corrected chi connectivity index (χ2v) is 6.36. The molecule has 104 valence electrons. The maximum Gasteiger partial charge on any atom is 0.0264 e. The van der Waals surface area contributed by atoms with Gasteiger partial charge in [0.2, 0.25) is 0 Å². The lowest BCUT2D eigenvalue weighted by Crippen LogP contribution is -2.49. The van der Waals surface area contributed by atoms with Gasteiger partial charge in [-0.1, -0.05) is 13.3 Å². The molecule has 0 aromatic heterocycles. The normalized spacial score (nSPS) is 39.5. The van der Waals surface area contributed by atoms with E-state index in [1.807, 2.05) is 0 Å². The third-order valence-corrected chi connectivity index (χ3v) is 5.29. The fraction of sp³-hybridized carbons (Fsp3) is 1.00. The molecule has 0 bridgehead atoms. The number of nitrogens with one attached hydrogen (secondary N) is 1. The van der Waals surface area contributed by atoms with E-state index >= 15 is 0 Å². The van der Waals surface area contributed by atoms with Gasteiger partial charge >= 0.3 is 0 Å². The number of piperidine rings is 1. The molecule has 3 heterocycles. The molecule has 3 aliphatic rings. The molecule has 3 nitrogen and oxygen atoms in total. The SMILES string of the molecule is CCC1CN(C2CCN3CCCCC23)CCCN1. The minimum absolute atomic E-state index is 0.727. The molecule has 0 amide bonds. The Labute approximate surface area is 112 Å². The summed E-state index contributed by atoms with van der Waals surface area (Å²) in [5, 5.41) is 3.70. The van der Waals surface area contributed by atoms with Crippen molar-refractivity contribution in [2.45, 2.75) is 63.6 Å². The van der Waals surface area contributed by atoms with Gasteiger partial charge in [-0.25, -0.2) is 0 Å². The Hall–Kier alpha value is -0.120. The summed E-state index contributed by atoms with van der Waals surface area (Å²) in [6, 6.07) is 2.47. The van der Waals surface area contributed by atoms with E-state index in [-0.39, 0.29) is 0 Å². The summed E-state index contributed by atoms with van der Waals surface area (Å²) in [7, 11) is 0. The molecule has 3 aliphatic heterocycles. The number of rotatable bonds is 2. The predicted octanol–water partition coefficient (Wildman–Crippen LogP) is 1.69. The van der Waals surface area contributed by atoms with Gasteiger partial charge in [-0.05, 0) is 51.7 Å². The molecular weight excluding hydrogens is 222 g/mol. The maximum atomic E-state index is 3.70. The summed E-state index contributed by atoms with van der Waals surface area (Å²) in [4.78, 5) is 5.59. The van der Waals surface area contributed by atoms with Gasteiger partial charge in [0.25, 0.3) is 0 Å². The molecule has 3 unspecified atom stereocenters. The van der Waals surface area contributed by atoms with Crippen LogP contribution in [0, 0.1) is 0 Å². The first kappa shape index (κ1) is 12.9. The van der Waals surface area contributed by atoms with Crippen LogP contribution in [0.25, 0.3) is 0 Å². The standard InChI is InChI=1S/C15H29N3/c1-2-13-12-18(10-5-8-16-13)15-7-11-17-9-4-3-6-14(15)17/h13-16H,2-12H2,1H3. The molecule has 18 heavy (non-hydrogen) atoms. The molecule has 3 atom stereocenters. The minimum atomic E-state index is 0.727. The second-order valence-electron chi connectivity index (χ2n) is 6.36. The molecule has 3 fully saturated rings. The smallest absolute Gasteiger partial charge is 0.0264 e. The van der Waals surface area contributed by atoms with Crippen molar-refractivity contribution in [3.8, 4) is 0 Å². The molecule has 3 saturated heterocycles. The predicted molar refractivity (Wildman–Crippen MR) is 75.9 cm³/mol. The summed E-state index contributed by atoms with van der Waals surface area (Å²) in [5.41, 5.74) is 0. The Bertz CT molecular complexity index is 268. The zero-order valence-electron chi connectivity index (χ0n) is 11.9. The molecule has 0 spiro atoms. The van der Waals surface area contributed by atoms with Crippen LogP contribution in [-0.4, -0.2) is 60.6 Å². The molecule has 0 aromatic carbocycles. The lowest BCUT2D eigenvalue weighted by atomic mass is 9.97. The number of hydrogen-bond acceptors (Lipinski definition) is 3. The van der Waals surface area contributed by atoms with Crippen LogP contribution >= 0.6 is 0 Å². The first-order chi connectivity index (χ1) is 8.88. The second kappa shape index (κ2) is 5.89. The van der Waals surface area contributed by atoms with Crippen molar-refractivity contribution in [2.75, 3.05) is 32.7 Å². The third kappa shape index (κ3) is 2.59. The monoisotopic (exact) mass is 251 g/mol. The van der Waals surface area contributed by atoms with E-state index in [1.165, 1.54) is 71.2 Å². The fourth-order valence-corrected chi connectivity index (χ4v) is 4.25. The van der Waals surface area contributed by atoms with Crippen LogP contribution in [0.5, 0.6) is 0 Å². The average molecular weight is 251 g/mol. The largest absolute Gasteiger partial charge is 0.313 e. The van der Waals surface area contributed by atoms with Crippen LogP contribution in [-0.2, 0) is 0 Å². The van der Waals surface area contributed by atoms with Gasteiger partial charge in [0.1, 0.15) is 0 Å². The number of fused-ring (bicyclic) bond motifs is 1. The topological polar surface area (TPSA) is 18.5 Å². The molecule has 0 saturated carbocycles. The molecule has 0 aromatic rings. The third-order valence-electron chi connectivity index (χ3n) is 5.29. The molecule has 0 radical (unpaired) electrons. The van der Waals surface area contributed by atoms with Gasteiger partial charge < -0.3 is 5.32 Å². The van der Waals surface area contributed by atoms with E-state index in [0.29, 0.717) is 0 Å². The van der Waals surface area contributed by atoms with Crippen molar-refractivity contribution in [3.63, 3.8) is 0 Å². The Morgan fingerprint density at radius 2 is 1.78 bits per heavy atom. The van der Waals surface area contributed by atoms with Gasteiger partial charge in [0.05, 0.1) is 0 Å². The van der Waals surface area contributed by atoms with Crippen LogP contribution in [0.3, 0.4) is 0 Å². The highest BCUT2D eigenvalue weighted by atomic mass is 15.3. The fourth-order valence-electron chi connectivity index (χ4n) is 4.25. The van der Waals surface area contributed by atoms with E-state index in [1.54, 1.807) is 0 Å². The Morgan fingerprint density at radius 3 is 2.67 bits per heavy atom. The summed E-state index contributed by atoms with van der Waals surface area (Å²) in [6.07, 6.45) is 8.37. The van der Waals surface area contributed by atoms with Crippen LogP contribution in [0.1, 0.15) is 45.4 Å². The van der Waals surface area contributed by atoms with Crippen molar-refractivity contribution >= 4 is 0 Å². The lowest BCUT2D eigenvalue weighted by molar-refractivity contribution is 0.112. The Morgan fingerprint density at radius 1 is 0.944 bits per heavy atom. The van der Waals surface area contributed by atoms with Crippen LogP contribution in [0.2, 0.25) is 0 Å². The van der Waals surface area contributed by atoms with Crippen molar-refractivity contribution in [3.05, 3.63) is 0 Å². The van der Waals surface area contributed by atoms with E-state index < -0.39 is 0 Å². The Kier molecular flexibility index (Phi) is 4.22. The number of nitrogens with zero attached hydrogens (tertiary/aromatic N) is 2. The molecule has 1 N–H and O–H groups in total. The van der Waals surface area contributed by atoms with E-state index in [9.17, 15) is 0 Å². The van der Waals surface area contributed by atoms with Crippen LogP contribution in [0.4, 0.5) is 0 Å². The van der Waals surface area contributed by atoms with Gasteiger partial charge in [0.15, 0.2) is 0 Å². The van der Waals surface area contributed by atoms with Gasteiger partial charge in [-0.3, -0.25) is 9.80 Å². The van der Waals surface area contributed by atoms with Gasteiger partial charge in [-0.2, -0.15) is 0 Å². The molecule has 3 heteroatoms. The summed E-state index contributed by atoms with van der Waals surface area (Å²) in [6.45, 7) is 8.86. The lowest BCUT2D eigenvalue weighted by Gasteiger charge is -2.38. The van der Waals surface area contributed by atoms with Crippen molar-refractivity contribution in [1.29, 1.82) is 0 Å². The average Bonchev–Trinajstić information content (AvgIpc) is 2.69. The van der Waals surface area contributed by atoms with Gasteiger partial charge in [0, 0.05) is 31.2 Å². The van der Waals surface area contributed by atoms with Crippen LogP contribution < -0.4 is 5.32 Å². The molecule has 0 aliphatic carbocycles. The first-order valence-corrected chi connectivity index (χ1v) is 8.10. The quantitative estimate of drug-likeness (QED) is 0.806. The highest BCUT2D eigenvalue weighted by Gasteiger charge is 2.39. The summed E-state index contributed by atoms with van der Waals surface area (Å²) in [5.74, 6) is 0. The summed E-state index contributed by atoms with van der Waals surface area (Å²) < 4.78 is 0. The van der Waals surface area contributed by atoms with Crippen molar-refractivity contribution in [2.24, 2.45) is 0 Å². The molecular formula is C15H29N3. The first-order valence-electron chi connectivity index (χ1n) is 8.10. The van der Waals surface area contributed by atoms with E-state index in [0.717, 1.165) is 18.1 Å². The maximum absolute atomic E-state index is 3.70. The minimum Gasteiger partial charge on any atom is -0.313 e. The van der Waals surface area contributed by atoms with Gasteiger partial charge in [-0.15, -0.1) is 0 Å². The van der Waals surface area contributed by atoms with Crippen molar-refractivity contribution in [1.82, 2.24) is 15.1 Å². The highest BCUT2D eigenvalue weighted by molar-refractivity contribution is 4.96. The van der Waals surface area contributed by atoms with E-state index in [2.05, 4.69) is 22.0 Å². The zero-order valence-corrected chi connectivity index (χ0v) is 11.9. The van der Waals surface area contributed by atoms with Crippen LogP contribution in [0.15, 0.2) is 0 Å². The summed E-state index contributed by atoms with van der Waals surface area (Å²) >= 11 is 0. The Balaban J connectivity index is 1.65. The highest BCUT2D eigenvalue weighted by Crippen LogP contribution is 2.31. The zero-order chi connectivity index (χ0) is 12.4.